The zero-order valence-electron chi connectivity index (χ0n) is 18.1. The van der Waals surface area contributed by atoms with E-state index in [9.17, 15) is 14.7 Å². The lowest BCUT2D eigenvalue weighted by molar-refractivity contribution is 0.0712. The molecule has 2 aromatic carbocycles. The molecule has 0 saturated heterocycles. The number of ether oxygens (including phenoxy) is 2. The van der Waals surface area contributed by atoms with E-state index in [1.807, 2.05) is 6.92 Å². The van der Waals surface area contributed by atoms with Crippen molar-refractivity contribution in [1.82, 2.24) is 5.01 Å². The van der Waals surface area contributed by atoms with Gasteiger partial charge in [0, 0.05) is 11.3 Å². The van der Waals surface area contributed by atoms with Gasteiger partial charge in [0.25, 0.3) is 5.91 Å². The third-order valence-electron chi connectivity index (χ3n) is 5.12. The molecule has 1 aliphatic rings. The zero-order chi connectivity index (χ0) is 23.4. The van der Waals surface area contributed by atoms with E-state index in [-0.39, 0.29) is 24.0 Å². The van der Waals surface area contributed by atoms with Gasteiger partial charge in [-0.3, -0.25) is 4.79 Å². The minimum atomic E-state index is -0.557. The SMILES string of the molecule is CCC1OC(=O)N(Cc2ccc(NC(=O)c3ccco3)cc2)N=C1c1ccc(OC)c(O)c1. The molecule has 0 saturated carbocycles. The second-order valence-corrected chi connectivity index (χ2v) is 7.34. The van der Waals surface area contributed by atoms with Crippen LogP contribution in [0.1, 0.15) is 35.0 Å². The highest BCUT2D eigenvalue weighted by molar-refractivity contribution is 6.06. The van der Waals surface area contributed by atoms with Gasteiger partial charge < -0.3 is 24.3 Å². The van der Waals surface area contributed by atoms with Gasteiger partial charge in [0.1, 0.15) is 11.8 Å². The van der Waals surface area contributed by atoms with Gasteiger partial charge in [-0.1, -0.05) is 19.1 Å². The van der Waals surface area contributed by atoms with E-state index in [1.165, 1.54) is 24.4 Å². The third-order valence-corrected chi connectivity index (χ3v) is 5.12. The van der Waals surface area contributed by atoms with Crippen molar-refractivity contribution in [3.05, 3.63) is 77.7 Å². The Labute approximate surface area is 190 Å². The van der Waals surface area contributed by atoms with Crippen molar-refractivity contribution in [1.29, 1.82) is 0 Å². The number of hydrogen-bond donors (Lipinski definition) is 2. The number of rotatable bonds is 7. The molecule has 0 bridgehead atoms. The summed E-state index contributed by atoms with van der Waals surface area (Å²) in [5.74, 6) is 0.182. The predicted octanol–water partition coefficient (Wildman–Crippen LogP) is 4.38. The van der Waals surface area contributed by atoms with Crippen molar-refractivity contribution in [2.24, 2.45) is 5.10 Å². The molecule has 0 spiro atoms. The Morgan fingerprint density at radius 3 is 2.64 bits per heavy atom. The summed E-state index contributed by atoms with van der Waals surface area (Å²) in [7, 11) is 1.47. The van der Waals surface area contributed by atoms with E-state index >= 15 is 0 Å². The number of phenols is 1. The molecule has 9 heteroatoms. The average molecular weight is 449 g/mol. The smallest absolute Gasteiger partial charge is 0.431 e. The van der Waals surface area contributed by atoms with Gasteiger partial charge in [0.05, 0.1) is 19.9 Å². The van der Waals surface area contributed by atoms with E-state index in [2.05, 4.69) is 10.4 Å². The van der Waals surface area contributed by atoms with Crippen LogP contribution in [0.25, 0.3) is 0 Å². The quantitative estimate of drug-likeness (QED) is 0.553. The average Bonchev–Trinajstić information content (AvgIpc) is 3.36. The summed E-state index contributed by atoms with van der Waals surface area (Å²) < 4.78 is 15.8. The van der Waals surface area contributed by atoms with Crippen LogP contribution in [0.4, 0.5) is 10.5 Å². The second-order valence-electron chi connectivity index (χ2n) is 7.34. The normalized spacial score (nSPS) is 15.6. The molecular formula is C24H23N3O6. The number of hydrogen-bond acceptors (Lipinski definition) is 7. The number of carbonyl (C=O) groups excluding carboxylic acids is 2. The number of furan rings is 1. The highest BCUT2D eigenvalue weighted by Gasteiger charge is 2.31. The van der Waals surface area contributed by atoms with Crippen molar-refractivity contribution in [3.8, 4) is 11.5 Å². The first-order valence-electron chi connectivity index (χ1n) is 10.4. The lowest BCUT2D eigenvalue weighted by Gasteiger charge is -2.29. The fourth-order valence-corrected chi connectivity index (χ4v) is 3.41. The van der Waals surface area contributed by atoms with Crippen LogP contribution in [0, 0.1) is 0 Å². The predicted molar refractivity (Wildman–Crippen MR) is 120 cm³/mol. The fourth-order valence-electron chi connectivity index (χ4n) is 3.41. The number of cyclic esters (lactones) is 1. The van der Waals surface area contributed by atoms with Gasteiger partial charge in [-0.05, 0) is 54.4 Å². The molecule has 9 nitrogen and oxygen atoms in total. The molecule has 0 radical (unpaired) electrons. The first-order chi connectivity index (χ1) is 16.0. The summed E-state index contributed by atoms with van der Waals surface area (Å²) in [6, 6.07) is 15.2. The zero-order valence-corrected chi connectivity index (χ0v) is 18.1. The molecule has 1 aromatic heterocycles. The van der Waals surface area contributed by atoms with Gasteiger partial charge in [0.2, 0.25) is 0 Å². The molecule has 170 valence electrons. The summed E-state index contributed by atoms with van der Waals surface area (Å²) in [5, 5.41) is 18.6. The summed E-state index contributed by atoms with van der Waals surface area (Å²) in [6.45, 7) is 2.07. The largest absolute Gasteiger partial charge is 0.504 e. The molecule has 1 aliphatic heterocycles. The number of carbonyl (C=O) groups is 2. The van der Waals surface area contributed by atoms with Crippen molar-refractivity contribution >= 4 is 23.4 Å². The van der Waals surface area contributed by atoms with E-state index in [0.717, 1.165) is 5.56 Å². The Morgan fingerprint density at radius 1 is 1.21 bits per heavy atom. The van der Waals surface area contributed by atoms with Crippen molar-refractivity contribution < 1.29 is 28.6 Å². The minimum Gasteiger partial charge on any atom is -0.504 e. The summed E-state index contributed by atoms with van der Waals surface area (Å²) in [6.07, 6.45) is 0.884. The molecule has 2 N–H and O–H groups in total. The molecule has 0 fully saturated rings. The monoisotopic (exact) mass is 449 g/mol. The topological polar surface area (TPSA) is 114 Å². The number of anilines is 1. The maximum atomic E-state index is 12.5. The Kier molecular flexibility index (Phi) is 6.30. The highest BCUT2D eigenvalue weighted by atomic mass is 16.6. The number of benzene rings is 2. The van der Waals surface area contributed by atoms with Crippen molar-refractivity contribution in [2.75, 3.05) is 12.4 Å². The highest BCUT2D eigenvalue weighted by Crippen LogP contribution is 2.29. The number of aromatic hydroxyl groups is 1. The summed E-state index contributed by atoms with van der Waals surface area (Å²) in [4.78, 5) is 24.6. The van der Waals surface area contributed by atoms with E-state index in [4.69, 9.17) is 13.9 Å². The number of amides is 2. The fraction of sp³-hybridized carbons (Fsp3) is 0.208. The van der Waals surface area contributed by atoms with Crippen LogP contribution < -0.4 is 10.1 Å². The minimum absolute atomic E-state index is 0.0248. The van der Waals surface area contributed by atoms with E-state index < -0.39 is 12.2 Å². The van der Waals surface area contributed by atoms with Gasteiger partial charge in [0.15, 0.2) is 17.3 Å². The molecular weight excluding hydrogens is 426 g/mol. The maximum Gasteiger partial charge on any atom is 0.431 e. The molecule has 33 heavy (non-hydrogen) atoms. The van der Waals surface area contributed by atoms with Crippen molar-refractivity contribution in [2.45, 2.75) is 26.0 Å². The Morgan fingerprint density at radius 2 is 2.00 bits per heavy atom. The van der Waals surface area contributed by atoms with Gasteiger partial charge in [-0.25, -0.2) is 4.79 Å². The number of nitrogens with one attached hydrogen (secondary N) is 1. The van der Waals surface area contributed by atoms with Crippen molar-refractivity contribution in [3.63, 3.8) is 0 Å². The lowest BCUT2D eigenvalue weighted by Crippen LogP contribution is -2.41. The number of phenolic OH excluding ortho intramolecular Hbond substituents is 1. The van der Waals surface area contributed by atoms with Crippen LogP contribution in [0.15, 0.2) is 70.4 Å². The summed E-state index contributed by atoms with van der Waals surface area (Å²) >= 11 is 0. The Bertz CT molecular complexity index is 1170. The Hall–Kier alpha value is -4.27. The third kappa shape index (κ3) is 4.82. The van der Waals surface area contributed by atoms with Crippen LogP contribution in [-0.2, 0) is 11.3 Å². The van der Waals surface area contributed by atoms with E-state index in [0.29, 0.717) is 29.1 Å². The van der Waals surface area contributed by atoms with Crippen LogP contribution in [0.5, 0.6) is 11.5 Å². The lowest BCUT2D eigenvalue weighted by atomic mass is 10.0. The Balaban J connectivity index is 1.51. The standard InChI is InChI=1S/C24H23N3O6/c1-3-19-22(16-8-11-20(31-2)18(28)13-16)26-27(24(30)33-19)14-15-6-9-17(10-7-15)25-23(29)21-5-4-12-32-21/h4-13,19,28H,3,14H2,1-2H3,(H,25,29). The molecule has 1 unspecified atom stereocenters. The van der Waals surface area contributed by atoms with Gasteiger partial charge in [-0.15, -0.1) is 0 Å². The van der Waals surface area contributed by atoms with Gasteiger partial charge in [-0.2, -0.15) is 10.1 Å². The molecule has 3 aromatic rings. The summed E-state index contributed by atoms with van der Waals surface area (Å²) in [5.41, 5.74) is 2.55. The molecule has 2 amide bonds. The first kappa shape index (κ1) is 21.9. The van der Waals surface area contributed by atoms with Crippen LogP contribution in [0.2, 0.25) is 0 Å². The van der Waals surface area contributed by atoms with E-state index in [1.54, 1.807) is 48.5 Å². The number of methoxy groups -OCH3 is 1. The molecule has 2 heterocycles. The van der Waals surface area contributed by atoms with Crippen LogP contribution in [0.3, 0.4) is 0 Å². The molecule has 4 rings (SSSR count). The molecule has 0 aliphatic carbocycles. The number of hydrazone groups is 1. The number of nitrogens with zero attached hydrogens (tertiary/aromatic N) is 2. The van der Waals surface area contributed by atoms with Crippen LogP contribution in [-0.4, -0.2) is 41.0 Å². The van der Waals surface area contributed by atoms with Gasteiger partial charge >= 0.3 is 6.09 Å². The first-order valence-corrected chi connectivity index (χ1v) is 10.4. The maximum absolute atomic E-state index is 12.5. The molecule has 1 atom stereocenters. The second kappa shape index (κ2) is 9.47. The van der Waals surface area contributed by atoms with Crippen LogP contribution >= 0.6 is 0 Å².